The average molecular weight is 1930 g/mol. The minimum Gasteiger partial charge on any atom is -0.394 e. The van der Waals surface area contributed by atoms with Crippen LogP contribution >= 0.6 is 0 Å². The third-order valence-electron chi connectivity index (χ3n) is 23.7. The summed E-state index contributed by atoms with van der Waals surface area (Å²) in [5.41, 5.74) is 0. The molecule has 0 radical (unpaired) electrons. The first-order valence-electron chi connectivity index (χ1n) is 42.1. The van der Waals surface area contributed by atoms with Crippen LogP contribution in [-0.2, 0) is 124 Å². The van der Waals surface area contributed by atoms with E-state index in [1.165, 1.54) is 0 Å². The van der Waals surface area contributed by atoms with Gasteiger partial charge in [-0.15, -0.1) is 0 Å². The molecule has 10 fully saturated rings. The number of hydrogen-bond donors (Lipinski definition) is 32. The molecule has 0 saturated carbocycles. The van der Waals surface area contributed by atoms with Gasteiger partial charge in [-0.3, -0.25) is 33.6 Å². The Morgan fingerprint density at radius 1 is 0.197 bits per heavy atom. The average Bonchev–Trinajstić information content (AvgIpc) is 0.746. The van der Waals surface area contributed by atoms with Crippen molar-refractivity contribution in [1.82, 2.24) is 37.2 Å². The van der Waals surface area contributed by atoms with Gasteiger partial charge < -0.3 is 255 Å². The lowest BCUT2D eigenvalue weighted by molar-refractivity contribution is -0.404. The van der Waals surface area contributed by atoms with E-state index in [1.807, 2.05) is 0 Å². The Morgan fingerprint density at radius 2 is 0.417 bits per heavy atom. The first-order valence-corrected chi connectivity index (χ1v) is 42.1. The molecular weight excluding hydrogens is 1800 g/mol. The quantitative estimate of drug-likeness (QED) is 0.0280. The van der Waals surface area contributed by atoms with Crippen LogP contribution in [0.3, 0.4) is 0 Å². The van der Waals surface area contributed by atoms with Crippen molar-refractivity contribution in [3.63, 3.8) is 0 Å². The number of rotatable bonds is 35. The van der Waals surface area contributed by atoms with Gasteiger partial charge >= 0.3 is 0 Å². The van der Waals surface area contributed by atoms with E-state index in [-0.39, 0.29) is 0 Å². The minimum atomic E-state index is -2.73. The molecule has 10 heterocycles. The van der Waals surface area contributed by atoms with Crippen LogP contribution in [0.1, 0.15) is 48.5 Å². The molecule has 58 heteroatoms. The maximum Gasteiger partial charge on any atom is 0.217 e. The monoisotopic (exact) mass is 1930 g/mol. The van der Waals surface area contributed by atoms with Crippen LogP contribution in [-0.4, -0.2) is 542 Å². The molecule has 0 aromatic heterocycles. The Kier molecular flexibility index (Phi) is 39.4. The molecule has 760 valence electrons. The summed E-state index contributed by atoms with van der Waals surface area (Å²) in [7, 11) is 0. The molecular formula is C74H123N7O51. The second-order valence-corrected chi connectivity index (χ2v) is 33.2. The Hall–Kier alpha value is -5.47. The van der Waals surface area contributed by atoms with E-state index in [1.54, 1.807) is 0 Å². The van der Waals surface area contributed by atoms with Crippen molar-refractivity contribution in [3.05, 3.63) is 0 Å². The van der Waals surface area contributed by atoms with Crippen molar-refractivity contribution < 1.29 is 251 Å². The number of ether oxygens (including phenoxy) is 19. The zero-order valence-corrected chi connectivity index (χ0v) is 71.7. The first-order chi connectivity index (χ1) is 62.4. The topological polar surface area (TPSA) is 885 Å². The smallest absolute Gasteiger partial charge is 0.217 e. The third kappa shape index (κ3) is 24.9. The lowest BCUT2D eigenvalue weighted by atomic mass is 9.93. The fourth-order valence-electron chi connectivity index (χ4n) is 17.1. The van der Waals surface area contributed by atoms with Gasteiger partial charge in [0, 0.05) is 48.5 Å². The second-order valence-electron chi connectivity index (χ2n) is 33.2. The van der Waals surface area contributed by atoms with Crippen LogP contribution in [0.5, 0.6) is 0 Å². The normalized spacial score (nSPS) is 46.7. The fraction of sp³-hybridized carbons (Fsp3) is 0.905. The van der Waals surface area contributed by atoms with Crippen LogP contribution in [0, 0.1) is 0 Å². The van der Waals surface area contributed by atoms with Gasteiger partial charge in [-0.05, 0) is 0 Å². The summed E-state index contributed by atoms with van der Waals surface area (Å²) in [5, 5.41) is 302. The zero-order valence-electron chi connectivity index (χ0n) is 71.7. The van der Waals surface area contributed by atoms with E-state index in [4.69, 9.17) is 90.0 Å². The molecule has 10 rings (SSSR count). The molecule has 50 atom stereocenters. The van der Waals surface area contributed by atoms with Gasteiger partial charge in [0.2, 0.25) is 41.4 Å². The fourth-order valence-corrected chi connectivity index (χ4v) is 17.1. The SMILES string of the molecule is CC(=O)N[C@@H]1[C@H](O[C@@H]2[C@@H](O[C@@H]3[C@H](O)[C@H](O[C@H]4[C@H](O)[C@@H](NC(C)=O)[C@H](O[C@H]5[C@H](O)[C@@H](NC(C)=O)C(O)O[C@@H]5CO)O[C@@H]4CO)O[C@H](CO[C@H]4O[C@H](CO[C@@H]5O[C@H](CO)[C@@H](O)[C@H](O)[C@H]5NC(C)=O)[C@@H](O[C@@H]5O[C@H](CO)[C@@H](O)[C@H](O)[C@H]5NC(C)=O)[C@H](O)[C@@H]4O[C@@H]4O[C@H](CO)[C@@H](O)[C@H](O)[C@H]4NC(C)=O)[C@H]3O)O[C@H](CO)[C@@H](O[C@@H]3O[C@H](CO)[C@@H](O)[C@H](O)[C@H]3NC(C)=O)[C@@H]2O)O[C@H](CO)[C@@H](O)[C@@H]1O. The maximum absolute atomic E-state index is 13.3. The predicted octanol–water partition coefficient (Wildman–Crippen LogP) is -21.8. The number of aliphatic hydroxyl groups excluding tert-OH is 25. The lowest BCUT2D eigenvalue weighted by Gasteiger charge is -2.52. The maximum atomic E-state index is 13.3. The van der Waals surface area contributed by atoms with Crippen molar-refractivity contribution in [3.8, 4) is 0 Å². The zero-order chi connectivity index (χ0) is 97.4. The molecule has 0 bridgehead atoms. The van der Waals surface area contributed by atoms with E-state index in [9.17, 15) is 161 Å². The largest absolute Gasteiger partial charge is 0.394 e. The summed E-state index contributed by atoms with van der Waals surface area (Å²) < 4.78 is 117. The number of amides is 7. The standard InChI is InChI=1S/C74H123N7O51/c1-18(90)75-35-53(108)58(30(13-87)116-65(35)113)126-71-41(81-24(7)96)54(109)59(31(14-88)122-71)129-72-57(112)62(130-74-64(132-70-40(80-23(6)95)52(107)46(101)29(12-86)121-70)55(110)60(32(15-89)123-74)127-67-37(77-20(3)92)49(104)43(98)26(9-83)118-67)47(102)33(124-72)16-115-73-63(131-69-39(79-22(5)94)51(106)45(100)28(11-85)120-69)56(111)61(128-68-38(78-21(4)93)50(105)44(99)27(10-84)119-68)34(125-73)17-114-66-36(76-19(2)91)48(103)42(97)25(8-82)117-66/h25-74,82-89,97-113H,8-17H2,1-7H3,(H,75,90)(H,76,91)(H,77,92)(H,78,93)(H,79,94)(H,80,95)(H,81,96)/t25-,26-,27-,28-,29-,30-,31-,32-,33-,34-,35-,36-,37-,38-,39-,40+,41-,42-,43-,44-,45-,46-,47-,48-,49-,50-,51-,52-,53-,54-,55+,56+,57+,58-,59-,60-,61-,62+,63+,64+,65?,66-,67+,68+,69+,70+,71+,72+,73+,74-/m1/s1. The van der Waals surface area contributed by atoms with Crippen molar-refractivity contribution in [1.29, 1.82) is 0 Å². The molecule has 7 amide bonds. The number of carbonyl (C=O) groups excluding carboxylic acids is 7. The van der Waals surface area contributed by atoms with Crippen LogP contribution in [0.25, 0.3) is 0 Å². The van der Waals surface area contributed by atoms with Gasteiger partial charge in [0.1, 0.15) is 244 Å². The van der Waals surface area contributed by atoms with Gasteiger partial charge in [0.05, 0.1) is 66.1 Å². The number of nitrogens with one attached hydrogen (secondary N) is 7. The van der Waals surface area contributed by atoms with Gasteiger partial charge in [-0.1, -0.05) is 0 Å². The Morgan fingerprint density at radius 3 is 0.758 bits per heavy atom. The Balaban J connectivity index is 1.11. The third-order valence-corrected chi connectivity index (χ3v) is 23.7. The summed E-state index contributed by atoms with van der Waals surface area (Å²) in [4.78, 5) is 89.9. The molecule has 10 saturated heterocycles. The van der Waals surface area contributed by atoms with E-state index in [0.717, 1.165) is 48.5 Å². The van der Waals surface area contributed by atoms with E-state index >= 15 is 0 Å². The summed E-state index contributed by atoms with van der Waals surface area (Å²) in [6, 6.07) is -13.2. The second kappa shape index (κ2) is 47.9. The summed E-state index contributed by atoms with van der Waals surface area (Å²) in [6.07, 6.45) is -93.8. The highest BCUT2D eigenvalue weighted by Crippen LogP contribution is 2.42. The minimum absolute atomic E-state index is 0.826. The van der Waals surface area contributed by atoms with Gasteiger partial charge in [-0.25, -0.2) is 0 Å². The molecule has 0 aromatic rings. The highest BCUT2D eigenvalue weighted by Gasteiger charge is 2.63. The molecule has 132 heavy (non-hydrogen) atoms. The molecule has 1 unspecified atom stereocenters. The summed E-state index contributed by atoms with van der Waals surface area (Å²) in [5.74, 6) is -6.49. The van der Waals surface area contributed by atoms with Gasteiger partial charge in [0.15, 0.2) is 62.9 Å². The van der Waals surface area contributed by atoms with E-state index < -0.39 is 414 Å². The van der Waals surface area contributed by atoms with E-state index in [0.29, 0.717) is 0 Å². The van der Waals surface area contributed by atoms with Crippen molar-refractivity contribution in [2.45, 2.75) is 355 Å². The van der Waals surface area contributed by atoms with Crippen molar-refractivity contribution in [2.24, 2.45) is 0 Å². The van der Waals surface area contributed by atoms with Crippen molar-refractivity contribution >= 4 is 41.4 Å². The molecule has 10 aliphatic rings. The molecule has 0 spiro atoms. The first kappa shape index (κ1) is 109. The van der Waals surface area contributed by atoms with Crippen LogP contribution in [0.15, 0.2) is 0 Å². The van der Waals surface area contributed by atoms with Crippen LogP contribution in [0.2, 0.25) is 0 Å². The number of aliphatic hydroxyl groups is 25. The van der Waals surface area contributed by atoms with Gasteiger partial charge in [0.25, 0.3) is 0 Å². The molecule has 0 aliphatic carbocycles. The molecule has 32 N–H and O–H groups in total. The summed E-state index contributed by atoms with van der Waals surface area (Å²) in [6.45, 7) is -5.05. The molecule has 10 aliphatic heterocycles. The summed E-state index contributed by atoms with van der Waals surface area (Å²) >= 11 is 0. The Bertz CT molecular complexity index is 3700. The predicted molar refractivity (Wildman–Crippen MR) is 411 cm³/mol. The van der Waals surface area contributed by atoms with Crippen molar-refractivity contribution in [2.75, 3.05) is 66.1 Å². The highest BCUT2D eigenvalue weighted by molar-refractivity contribution is 5.75. The highest BCUT2D eigenvalue weighted by atomic mass is 16.8. The number of hydrogen-bond acceptors (Lipinski definition) is 51. The molecule has 0 aromatic carbocycles. The molecule has 58 nitrogen and oxygen atoms in total. The lowest BCUT2D eigenvalue weighted by Crippen LogP contribution is -2.71. The van der Waals surface area contributed by atoms with Gasteiger partial charge in [-0.2, -0.15) is 0 Å². The van der Waals surface area contributed by atoms with Crippen LogP contribution in [0.4, 0.5) is 0 Å². The Labute approximate surface area is 748 Å². The van der Waals surface area contributed by atoms with E-state index in [2.05, 4.69) is 37.2 Å². The number of carbonyl (C=O) groups is 7. The van der Waals surface area contributed by atoms with Crippen LogP contribution < -0.4 is 37.2 Å².